The van der Waals surface area contributed by atoms with Crippen LogP contribution < -0.4 is 0 Å². The Balaban J connectivity index is 2.26. The van der Waals surface area contributed by atoms with Gasteiger partial charge in [0.05, 0.1) is 0 Å². The van der Waals surface area contributed by atoms with Crippen LogP contribution in [0.2, 0.25) is 0 Å². The van der Waals surface area contributed by atoms with Crippen molar-refractivity contribution in [2.45, 2.75) is 33.1 Å². The Morgan fingerprint density at radius 2 is 2.29 bits per heavy atom. The van der Waals surface area contributed by atoms with Gasteiger partial charge < -0.3 is 4.90 Å². The van der Waals surface area contributed by atoms with Crippen molar-refractivity contribution >= 4 is 5.91 Å². The van der Waals surface area contributed by atoms with E-state index in [1.807, 2.05) is 4.90 Å². The number of fused-ring (bicyclic) bond motifs is 1. The minimum Gasteiger partial charge on any atom is -0.316 e. The zero-order valence-corrected chi connectivity index (χ0v) is 8.92. The van der Waals surface area contributed by atoms with Crippen LogP contribution in [0.1, 0.15) is 33.1 Å². The molecule has 0 aromatic heterocycles. The van der Waals surface area contributed by atoms with Crippen molar-refractivity contribution in [3.05, 3.63) is 23.4 Å². The van der Waals surface area contributed by atoms with E-state index in [9.17, 15) is 4.79 Å². The second-order valence-electron chi connectivity index (χ2n) is 4.32. The Morgan fingerprint density at radius 1 is 1.50 bits per heavy atom. The topological polar surface area (TPSA) is 20.3 Å². The number of allylic oxidation sites excluding steroid dienone is 4. The van der Waals surface area contributed by atoms with Gasteiger partial charge in [-0.25, -0.2) is 0 Å². The van der Waals surface area contributed by atoms with E-state index in [0.29, 0.717) is 5.92 Å². The zero-order valence-electron chi connectivity index (χ0n) is 8.92. The molecule has 2 nitrogen and oxygen atoms in total. The molecule has 0 aromatic rings. The van der Waals surface area contributed by atoms with Crippen LogP contribution in [-0.2, 0) is 4.79 Å². The van der Waals surface area contributed by atoms with Crippen LogP contribution >= 0.6 is 0 Å². The summed E-state index contributed by atoms with van der Waals surface area (Å²) < 4.78 is 0. The lowest BCUT2D eigenvalue weighted by Gasteiger charge is -2.37. The molecule has 0 radical (unpaired) electrons. The first-order valence-corrected chi connectivity index (χ1v) is 5.34. The molecule has 1 heterocycles. The Labute approximate surface area is 85.3 Å². The van der Waals surface area contributed by atoms with E-state index >= 15 is 0 Å². The van der Waals surface area contributed by atoms with Crippen molar-refractivity contribution in [2.24, 2.45) is 5.92 Å². The molecule has 2 aliphatic rings. The molecule has 1 amide bonds. The highest BCUT2D eigenvalue weighted by molar-refractivity contribution is 5.75. The molecule has 1 fully saturated rings. The summed E-state index contributed by atoms with van der Waals surface area (Å²) in [5.74, 6) is 0.784. The summed E-state index contributed by atoms with van der Waals surface area (Å²) >= 11 is 0. The third-order valence-corrected chi connectivity index (χ3v) is 3.15. The van der Waals surface area contributed by atoms with Crippen LogP contribution in [0.25, 0.3) is 0 Å². The van der Waals surface area contributed by atoms with E-state index in [2.05, 4.69) is 19.1 Å². The zero-order chi connectivity index (χ0) is 10.1. The Hall–Kier alpha value is -1.05. The number of piperidine rings is 1. The molecule has 0 bridgehead atoms. The molecular formula is C12H17NO. The number of nitrogens with zero attached hydrogens (tertiary/aromatic N) is 1. The van der Waals surface area contributed by atoms with Crippen molar-refractivity contribution in [1.82, 2.24) is 4.90 Å². The molecule has 76 valence electrons. The van der Waals surface area contributed by atoms with E-state index in [4.69, 9.17) is 0 Å². The lowest BCUT2D eigenvalue weighted by Crippen LogP contribution is -2.37. The fourth-order valence-electron chi connectivity index (χ4n) is 2.45. The van der Waals surface area contributed by atoms with E-state index in [-0.39, 0.29) is 5.91 Å². The lowest BCUT2D eigenvalue weighted by molar-refractivity contribution is -0.128. The van der Waals surface area contributed by atoms with Crippen molar-refractivity contribution < 1.29 is 4.79 Å². The summed E-state index contributed by atoms with van der Waals surface area (Å²) in [6.45, 7) is 4.74. The third kappa shape index (κ3) is 1.61. The summed E-state index contributed by atoms with van der Waals surface area (Å²) in [7, 11) is 0. The van der Waals surface area contributed by atoms with Crippen LogP contribution in [0.3, 0.4) is 0 Å². The van der Waals surface area contributed by atoms with Gasteiger partial charge in [-0.15, -0.1) is 0 Å². The SMILES string of the molecule is CC(=O)N1CCCC2CC(C)=CC=C21. The highest BCUT2D eigenvalue weighted by atomic mass is 16.2. The summed E-state index contributed by atoms with van der Waals surface area (Å²) in [4.78, 5) is 13.3. The van der Waals surface area contributed by atoms with E-state index < -0.39 is 0 Å². The van der Waals surface area contributed by atoms with Crippen LogP contribution in [0.15, 0.2) is 23.4 Å². The predicted molar refractivity (Wildman–Crippen MR) is 56.6 cm³/mol. The third-order valence-electron chi connectivity index (χ3n) is 3.15. The largest absolute Gasteiger partial charge is 0.316 e. The first-order chi connectivity index (χ1) is 6.68. The maximum atomic E-state index is 11.4. The van der Waals surface area contributed by atoms with E-state index in [0.717, 1.165) is 19.4 Å². The molecule has 1 atom stereocenters. The standard InChI is InChI=1S/C12H17NO/c1-9-5-6-12-11(8-9)4-3-7-13(12)10(2)14/h5-6,11H,3-4,7-8H2,1-2H3. The van der Waals surface area contributed by atoms with E-state index in [1.165, 1.54) is 17.7 Å². The molecule has 1 aliphatic carbocycles. The summed E-state index contributed by atoms with van der Waals surface area (Å²) in [6.07, 6.45) is 7.79. The molecule has 2 heteroatoms. The molecule has 0 saturated carbocycles. The van der Waals surface area contributed by atoms with Gasteiger partial charge in [0.25, 0.3) is 0 Å². The molecule has 0 N–H and O–H groups in total. The maximum absolute atomic E-state index is 11.4. The van der Waals surface area contributed by atoms with Gasteiger partial charge in [-0.1, -0.05) is 11.6 Å². The van der Waals surface area contributed by atoms with Crippen LogP contribution in [-0.4, -0.2) is 17.4 Å². The number of hydrogen-bond acceptors (Lipinski definition) is 1. The quantitative estimate of drug-likeness (QED) is 0.576. The molecule has 1 saturated heterocycles. The van der Waals surface area contributed by atoms with Gasteiger partial charge in [0.1, 0.15) is 0 Å². The second kappa shape index (κ2) is 3.60. The fraction of sp³-hybridized carbons (Fsp3) is 0.583. The minimum absolute atomic E-state index is 0.189. The van der Waals surface area contributed by atoms with Crippen molar-refractivity contribution in [3.8, 4) is 0 Å². The van der Waals surface area contributed by atoms with Crippen LogP contribution in [0, 0.1) is 5.92 Å². The van der Waals surface area contributed by atoms with Crippen molar-refractivity contribution in [3.63, 3.8) is 0 Å². The highest BCUT2D eigenvalue weighted by Gasteiger charge is 2.28. The second-order valence-corrected chi connectivity index (χ2v) is 4.32. The Bertz CT molecular complexity index is 314. The monoisotopic (exact) mass is 191 g/mol. The normalized spacial score (nSPS) is 26.4. The van der Waals surface area contributed by atoms with Crippen molar-refractivity contribution in [1.29, 1.82) is 0 Å². The number of carbonyl (C=O) groups is 1. The van der Waals surface area contributed by atoms with Crippen LogP contribution in [0.4, 0.5) is 0 Å². The number of carbonyl (C=O) groups excluding carboxylic acids is 1. The summed E-state index contributed by atoms with van der Waals surface area (Å²) in [5, 5.41) is 0. The molecule has 0 spiro atoms. The fourth-order valence-corrected chi connectivity index (χ4v) is 2.45. The molecule has 1 unspecified atom stereocenters. The first-order valence-electron chi connectivity index (χ1n) is 5.34. The maximum Gasteiger partial charge on any atom is 0.223 e. The smallest absolute Gasteiger partial charge is 0.223 e. The molecule has 14 heavy (non-hydrogen) atoms. The number of likely N-dealkylation sites (tertiary alicyclic amines) is 1. The highest BCUT2D eigenvalue weighted by Crippen LogP contribution is 2.34. The van der Waals surface area contributed by atoms with Crippen LogP contribution in [0.5, 0.6) is 0 Å². The average molecular weight is 191 g/mol. The molecule has 2 rings (SSSR count). The van der Waals surface area contributed by atoms with Gasteiger partial charge in [-0.3, -0.25) is 4.79 Å². The number of rotatable bonds is 0. The van der Waals surface area contributed by atoms with Gasteiger partial charge >= 0.3 is 0 Å². The lowest BCUT2D eigenvalue weighted by atomic mass is 9.85. The van der Waals surface area contributed by atoms with Gasteiger partial charge in [0.2, 0.25) is 5.91 Å². The molecular weight excluding hydrogens is 174 g/mol. The molecule has 1 aliphatic heterocycles. The first kappa shape index (κ1) is 9.50. The number of amides is 1. The Morgan fingerprint density at radius 3 is 3.00 bits per heavy atom. The summed E-state index contributed by atoms with van der Waals surface area (Å²) in [5.41, 5.74) is 2.68. The van der Waals surface area contributed by atoms with Crippen molar-refractivity contribution in [2.75, 3.05) is 6.54 Å². The predicted octanol–water partition coefficient (Wildman–Crippen LogP) is 2.48. The average Bonchev–Trinajstić information content (AvgIpc) is 2.16. The summed E-state index contributed by atoms with van der Waals surface area (Å²) in [6, 6.07) is 0. The Kier molecular flexibility index (Phi) is 2.44. The van der Waals surface area contributed by atoms with Gasteiger partial charge in [0, 0.05) is 25.1 Å². The molecule has 0 aromatic carbocycles. The number of hydrogen-bond donors (Lipinski definition) is 0. The van der Waals surface area contributed by atoms with E-state index in [1.54, 1.807) is 6.92 Å². The van der Waals surface area contributed by atoms with Gasteiger partial charge in [-0.05, 0) is 32.3 Å². The van der Waals surface area contributed by atoms with Gasteiger partial charge in [-0.2, -0.15) is 0 Å². The van der Waals surface area contributed by atoms with Gasteiger partial charge in [0.15, 0.2) is 0 Å². The minimum atomic E-state index is 0.189.